The van der Waals surface area contributed by atoms with Crippen molar-refractivity contribution < 1.29 is 9.53 Å². The highest BCUT2D eigenvalue weighted by Crippen LogP contribution is 2.11. The first-order valence-electron chi connectivity index (χ1n) is 10.2. The number of ether oxygens (including phenoxy) is 1. The van der Waals surface area contributed by atoms with Gasteiger partial charge in [-0.25, -0.2) is 0 Å². The van der Waals surface area contributed by atoms with Gasteiger partial charge in [0.15, 0.2) is 0 Å². The molecule has 3 nitrogen and oxygen atoms in total. The second-order valence-electron chi connectivity index (χ2n) is 6.61. The Morgan fingerprint density at radius 2 is 1.22 bits per heavy atom. The van der Waals surface area contributed by atoms with E-state index in [0.717, 1.165) is 25.9 Å². The molecule has 0 aromatic heterocycles. The molecule has 0 saturated carbocycles. The van der Waals surface area contributed by atoms with Gasteiger partial charge in [0.25, 0.3) is 0 Å². The molecule has 0 saturated heterocycles. The lowest BCUT2D eigenvalue weighted by molar-refractivity contribution is -0.143. The number of hydrogen-bond donors (Lipinski definition) is 1. The Morgan fingerprint density at radius 1 is 0.696 bits per heavy atom. The van der Waals surface area contributed by atoms with Crippen molar-refractivity contribution in [3.8, 4) is 0 Å². The third-order valence-electron chi connectivity index (χ3n) is 4.19. The second-order valence-corrected chi connectivity index (χ2v) is 6.61. The van der Waals surface area contributed by atoms with E-state index in [1.54, 1.807) is 0 Å². The molecule has 0 aromatic rings. The van der Waals surface area contributed by atoms with Crippen molar-refractivity contribution in [1.82, 2.24) is 5.32 Å². The number of hydrogen-bond acceptors (Lipinski definition) is 3. The van der Waals surface area contributed by atoms with Crippen molar-refractivity contribution in [3.63, 3.8) is 0 Å². The summed E-state index contributed by atoms with van der Waals surface area (Å²) in [5, 5.41) is 3.21. The van der Waals surface area contributed by atoms with Gasteiger partial charge < -0.3 is 10.1 Å². The summed E-state index contributed by atoms with van der Waals surface area (Å²) < 4.78 is 5.24. The lowest BCUT2D eigenvalue weighted by atomic mass is 10.1. The fraction of sp³-hybridized carbons (Fsp3) is 0.950. The summed E-state index contributed by atoms with van der Waals surface area (Å²) in [6, 6.07) is 0. The van der Waals surface area contributed by atoms with Gasteiger partial charge in [-0.3, -0.25) is 4.79 Å². The molecule has 0 radical (unpaired) electrons. The monoisotopic (exact) mass is 327 g/mol. The molecule has 138 valence electrons. The van der Waals surface area contributed by atoms with Gasteiger partial charge in [0, 0.05) is 6.54 Å². The van der Waals surface area contributed by atoms with Gasteiger partial charge in [0.05, 0.1) is 13.0 Å². The molecule has 0 unspecified atom stereocenters. The maximum atomic E-state index is 11.4. The summed E-state index contributed by atoms with van der Waals surface area (Å²) >= 11 is 0. The molecule has 0 spiro atoms. The average molecular weight is 328 g/mol. The van der Waals surface area contributed by atoms with E-state index < -0.39 is 0 Å². The van der Waals surface area contributed by atoms with E-state index >= 15 is 0 Å². The van der Waals surface area contributed by atoms with Crippen LogP contribution in [0.5, 0.6) is 0 Å². The number of rotatable bonds is 18. The van der Waals surface area contributed by atoms with E-state index in [1.165, 1.54) is 70.6 Å². The number of carbonyl (C=O) groups is 1. The molecule has 0 aliphatic rings. The van der Waals surface area contributed by atoms with Gasteiger partial charge in [-0.1, -0.05) is 84.5 Å². The van der Waals surface area contributed by atoms with Gasteiger partial charge in [0.1, 0.15) is 0 Å². The third kappa shape index (κ3) is 19.4. The molecule has 0 aliphatic carbocycles. The van der Waals surface area contributed by atoms with Crippen molar-refractivity contribution in [2.24, 2.45) is 0 Å². The summed E-state index contributed by atoms with van der Waals surface area (Å²) in [6.45, 7) is 6.71. The highest BCUT2D eigenvalue weighted by atomic mass is 16.5. The number of esters is 1. The Labute approximate surface area is 144 Å². The Morgan fingerprint density at radius 3 is 1.74 bits per heavy atom. The average Bonchev–Trinajstić information content (AvgIpc) is 2.56. The molecular formula is C20H41NO2. The van der Waals surface area contributed by atoms with E-state index in [-0.39, 0.29) is 5.97 Å². The van der Waals surface area contributed by atoms with Crippen LogP contribution < -0.4 is 5.32 Å². The van der Waals surface area contributed by atoms with Crippen LogP contribution in [0.15, 0.2) is 0 Å². The molecule has 0 amide bonds. The quantitative estimate of drug-likeness (QED) is 0.262. The number of nitrogens with one attached hydrogen (secondary N) is 1. The van der Waals surface area contributed by atoms with Crippen molar-refractivity contribution in [2.75, 3.05) is 19.7 Å². The van der Waals surface area contributed by atoms with E-state index in [0.29, 0.717) is 13.0 Å². The summed E-state index contributed by atoms with van der Waals surface area (Å²) in [5.41, 5.74) is 0. The molecular weight excluding hydrogens is 286 g/mol. The van der Waals surface area contributed by atoms with Crippen molar-refractivity contribution >= 4 is 5.97 Å². The van der Waals surface area contributed by atoms with Crippen LogP contribution in [0.1, 0.15) is 104 Å². The Balaban J connectivity index is 3.08. The normalized spacial score (nSPS) is 10.9. The van der Waals surface area contributed by atoms with E-state index in [1.807, 2.05) is 0 Å². The summed E-state index contributed by atoms with van der Waals surface area (Å²) in [6.07, 6.45) is 17.6. The fourth-order valence-corrected chi connectivity index (χ4v) is 2.69. The Bertz CT molecular complexity index is 244. The smallest absolute Gasteiger partial charge is 0.307 e. The molecule has 23 heavy (non-hydrogen) atoms. The third-order valence-corrected chi connectivity index (χ3v) is 4.19. The molecule has 0 fully saturated rings. The second kappa shape index (κ2) is 19.5. The minimum Gasteiger partial charge on any atom is -0.466 e. The van der Waals surface area contributed by atoms with E-state index in [2.05, 4.69) is 19.2 Å². The SMILES string of the molecule is CCCCCCCCCCCCCCOC(=O)CCNCCC. The van der Waals surface area contributed by atoms with Crippen molar-refractivity contribution in [3.05, 3.63) is 0 Å². The minimum absolute atomic E-state index is 0.0586. The largest absolute Gasteiger partial charge is 0.466 e. The molecule has 0 rings (SSSR count). The van der Waals surface area contributed by atoms with Crippen LogP contribution >= 0.6 is 0 Å². The summed E-state index contributed by atoms with van der Waals surface area (Å²) in [5.74, 6) is -0.0586. The molecule has 3 heteroatoms. The van der Waals surface area contributed by atoms with Crippen molar-refractivity contribution in [2.45, 2.75) is 104 Å². The maximum Gasteiger partial charge on any atom is 0.307 e. The molecule has 0 bridgehead atoms. The first kappa shape index (κ1) is 22.4. The predicted molar refractivity (Wildman–Crippen MR) is 99.8 cm³/mol. The Hall–Kier alpha value is -0.570. The number of carbonyl (C=O) groups excluding carboxylic acids is 1. The molecule has 0 aromatic carbocycles. The van der Waals surface area contributed by atoms with Crippen LogP contribution in [-0.4, -0.2) is 25.7 Å². The first-order valence-corrected chi connectivity index (χ1v) is 10.2. The zero-order valence-electron chi connectivity index (χ0n) is 15.8. The van der Waals surface area contributed by atoms with Gasteiger partial charge in [0.2, 0.25) is 0 Å². The molecule has 0 heterocycles. The van der Waals surface area contributed by atoms with Gasteiger partial charge in [-0.05, 0) is 19.4 Å². The van der Waals surface area contributed by atoms with E-state index in [4.69, 9.17) is 4.74 Å². The number of unbranched alkanes of at least 4 members (excludes halogenated alkanes) is 11. The van der Waals surface area contributed by atoms with Crippen LogP contribution in [-0.2, 0) is 9.53 Å². The standard InChI is InChI=1S/C20H41NO2/c1-3-5-6-7-8-9-10-11-12-13-14-15-19-23-20(22)16-18-21-17-4-2/h21H,3-19H2,1-2H3. The summed E-state index contributed by atoms with van der Waals surface area (Å²) in [4.78, 5) is 11.4. The summed E-state index contributed by atoms with van der Waals surface area (Å²) in [7, 11) is 0. The van der Waals surface area contributed by atoms with Gasteiger partial charge >= 0.3 is 5.97 Å². The zero-order chi connectivity index (χ0) is 17.0. The topological polar surface area (TPSA) is 38.3 Å². The molecule has 0 aliphatic heterocycles. The van der Waals surface area contributed by atoms with Gasteiger partial charge in [-0.15, -0.1) is 0 Å². The fourth-order valence-electron chi connectivity index (χ4n) is 2.69. The first-order chi connectivity index (χ1) is 11.3. The minimum atomic E-state index is -0.0586. The lowest BCUT2D eigenvalue weighted by Gasteiger charge is -2.06. The van der Waals surface area contributed by atoms with Crippen LogP contribution in [0.2, 0.25) is 0 Å². The highest BCUT2D eigenvalue weighted by Gasteiger charge is 2.01. The van der Waals surface area contributed by atoms with Gasteiger partial charge in [-0.2, -0.15) is 0 Å². The molecule has 1 N–H and O–H groups in total. The van der Waals surface area contributed by atoms with Crippen LogP contribution in [0.4, 0.5) is 0 Å². The highest BCUT2D eigenvalue weighted by molar-refractivity contribution is 5.69. The van der Waals surface area contributed by atoms with Crippen LogP contribution in [0.3, 0.4) is 0 Å². The van der Waals surface area contributed by atoms with Crippen LogP contribution in [0, 0.1) is 0 Å². The zero-order valence-corrected chi connectivity index (χ0v) is 15.8. The van der Waals surface area contributed by atoms with E-state index in [9.17, 15) is 4.79 Å². The predicted octanol–water partition coefficient (Wildman–Crippen LogP) is 5.62. The molecule has 0 atom stereocenters. The Kier molecular flexibility index (Phi) is 19.0. The maximum absolute atomic E-state index is 11.4. The lowest BCUT2D eigenvalue weighted by Crippen LogP contribution is -2.20. The van der Waals surface area contributed by atoms with Crippen LogP contribution in [0.25, 0.3) is 0 Å². The van der Waals surface area contributed by atoms with Crippen molar-refractivity contribution in [1.29, 1.82) is 0 Å².